The molecule has 1 aliphatic carbocycles. The van der Waals surface area contributed by atoms with Crippen molar-refractivity contribution in [2.75, 3.05) is 0 Å². The van der Waals surface area contributed by atoms with Crippen LogP contribution in [0.1, 0.15) is 41.9 Å². The lowest BCUT2D eigenvalue weighted by Crippen LogP contribution is -2.14. The van der Waals surface area contributed by atoms with E-state index in [0.717, 1.165) is 29.5 Å². The average Bonchev–Trinajstić information content (AvgIpc) is 2.66. The van der Waals surface area contributed by atoms with Crippen molar-refractivity contribution in [2.45, 2.75) is 38.5 Å². The Morgan fingerprint density at radius 3 is 3.06 bits per heavy atom. The van der Waals surface area contributed by atoms with Crippen molar-refractivity contribution in [3.05, 3.63) is 26.6 Å². The molecule has 2 aromatic rings. The molecule has 2 atom stereocenters. The summed E-state index contributed by atoms with van der Waals surface area (Å²) in [5.41, 5.74) is 1.19. The maximum atomic E-state index is 12.2. The Hall–Kier alpha value is -0.870. The molecule has 0 amide bonds. The van der Waals surface area contributed by atoms with E-state index in [1.807, 2.05) is 6.92 Å². The van der Waals surface area contributed by atoms with Gasteiger partial charge in [0.15, 0.2) is 0 Å². The minimum atomic E-state index is -0.264. The maximum Gasteiger partial charge on any atom is 0.259 e. The van der Waals surface area contributed by atoms with Gasteiger partial charge in [-0.15, -0.1) is 22.9 Å². The van der Waals surface area contributed by atoms with Crippen LogP contribution in [0.15, 0.2) is 4.79 Å². The molecule has 0 aliphatic heterocycles. The highest BCUT2D eigenvalue weighted by atomic mass is 35.5. The first-order chi connectivity index (χ1) is 8.56. The van der Waals surface area contributed by atoms with Crippen molar-refractivity contribution in [3.8, 4) is 0 Å². The minimum absolute atomic E-state index is 0.0328. The van der Waals surface area contributed by atoms with Crippen LogP contribution in [0.25, 0.3) is 10.2 Å². The van der Waals surface area contributed by atoms with Crippen LogP contribution in [0.3, 0.4) is 0 Å². The SMILES string of the molecule is C[C@@H]1CCc2c(sc3nc([C@H](C)Cl)[nH]c(=O)c23)C1. The molecule has 1 N–H and O–H groups in total. The number of hydrogen-bond donors (Lipinski definition) is 1. The van der Waals surface area contributed by atoms with E-state index in [1.165, 1.54) is 10.4 Å². The number of halogens is 1. The number of hydrogen-bond acceptors (Lipinski definition) is 3. The molecule has 1 aliphatic rings. The van der Waals surface area contributed by atoms with Crippen molar-refractivity contribution in [3.63, 3.8) is 0 Å². The largest absolute Gasteiger partial charge is 0.309 e. The maximum absolute atomic E-state index is 12.2. The molecule has 2 heterocycles. The van der Waals surface area contributed by atoms with Gasteiger partial charge < -0.3 is 4.98 Å². The molecule has 0 bridgehead atoms. The molecule has 3 nitrogen and oxygen atoms in total. The molecule has 96 valence electrons. The van der Waals surface area contributed by atoms with Crippen LogP contribution in [0, 0.1) is 5.92 Å². The summed E-state index contributed by atoms with van der Waals surface area (Å²) in [6.45, 7) is 4.08. The first-order valence-electron chi connectivity index (χ1n) is 6.24. The molecule has 0 saturated heterocycles. The van der Waals surface area contributed by atoms with E-state index in [0.29, 0.717) is 11.7 Å². The van der Waals surface area contributed by atoms with E-state index in [-0.39, 0.29) is 10.9 Å². The fourth-order valence-corrected chi connectivity index (χ4v) is 4.05. The molecule has 0 fully saturated rings. The highest BCUT2D eigenvalue weighted by Gasteiger charge is 2.23. The summed E-state index contributed by atoms with van der Waals surface area (Å²) < 4.78 is 0. The minimum Gasteiger partial charge on any atom is -0.309 e. The third-order valence-electron chi connectivity index (χ3n) is 3.56. The predicted molar refractivity (Wildman–Crippen MR) is 75.7 cm³/mol. The number of fused-ring (bicyclic) bond motifs is 3. The first-order valence-corrected chi connectivity index (χ1v) is 7.50. The van der Waals surface area contributed by atoms with E-state index >= 15 is 0 Å². The van der Waals surface area contributed by atoms with Gasteiger partial charge in [-0.05, 0) is 37.7 Å². The molecule has 18 heavy (non-hydrogen) atoms. The first kappa shape index (κ1) is 12.2. The summed E-state index contributed by atoms with van der Waals surface area (Å²) in [5, 5.41) is 0.531. The molecule has 0 radical (unpaired) electrons. The van der Waals surface area contributed by atoms with Gasteiger partial charge in [-0.2, -0.15) is 0 Å². The van der Waals surface area contributed by atoms with Gasteiger partial charge in [0.05, 0.1) is 10.8 Å². The van der Waals surface area contributed by atoms with Crippen LogP contribution in [0.5, 0.6) is 0 Å². The van der Waals surface area contributed by atoms with Crippen LogP contribution in [0.2, 0.25) is 0 Å². The van der Waals surface area contributed by atoms with Crippen LogP contribution in [-0.2, 0) is 12.8 Å². The third-order valence-corrected chi connectivity index (χ3v) is 4.92. The van der Waals surface area contributed by atoms with Gasteiger partial charge in [0.2, 0.25) is 0 Å². The zero-order valence-electron chi connectivity index (χ0n) is 10.4. The Morgan fingerprint density at radius 2 is 2.33 bits per heavy atom. The van der Waals surface area contributed by atoms with Crippen molar-refractivity contribution < 1.29 is 0 Å². The molecule has 2 aromatic heterocycles. The summed E-state index contributed by atoms with van der Waals surface area (Å²) in [6.07, 6.45) is 3.23. The van der Waals surface area contributed by atoms with E-state index < -0.39 is 0 Å². The lowest BCUT2D eigenvalue weighted by atomic mass is 9.89. The fraction of sp³-hybridized carbons (Fsp3) is 0.538. The molecular formula is C13H15ClN2OS. The zero-order valence-corrected chi connectivity index (χ0v) is 12.0. The third kappa shape index (κ3) is 1.88. The number of alkyl halides is 1. The molecule has 0 spiro atoms. The quantitative estimate of drug-likeness (QED) is 0.815. The summed E-state index contributed by atoms with van der Waals surface area (Å²) in [6, 6.07) is 0. The molecule has 5 heteroatoms. The number of nitrogens with zero attached hydrogens (tertiary/aromatic N) is 1. The molecule has 0 unspecified atom stereocenters. The lowest BCUT2D eigenvalue weighted by Gasteiger charge is -2.17. The van der Waals surface area contributed by atoms with E-state index in [4.69, 9.17) is 11.6 Å². The van der Waals surface area contributed by atoms with Crippen LogP contribution in [-0.4, -0.2) is 9.97 Å². The van der Waals surface area contributed by atoms with E-state index in [1.54, 1.807) is 11.3 Å². The van der Waals surface area contributed by atoms with Crippen molar-refractivity contribution >= 4 is 33.2 Å². The zero-order chi connectivity index (χ0) is 12.9. The monoisotopic (exact) mass is 282 g/mol. The Bertz CT molecular complexity index is 659. The van der Waals surface area contributed by atoms with Gasteiger partial charge in [-0.1, -0.05) is 6.92 Å². The second-order valence-corrected chi connectivity index (χ2v) is 6.84. The normalized spacial score (nSPS) is 20.9. The van der Waals surface area contributed by atoms with Crippen molar-refractivity contribution in [1.29, 1.82) is 0 Å². The Labute approximate surface area is 114 Å². The van der Waals surface area contributed by atoms with Gasteiger partial charge in [-0.25, -0.2) is 4.98 Å². The van der Waals surface area contributed by atoms with Gasteiger partial charge in [0.1, 0.15) is 10.7 Å². The number of thiophene rings is 1. The summed E-state index contributed by atoms with van der Waals surface area (Å²) in [5.74, 6) is 1.27. The van der Waals surface area contributed by atoms with Gasteiger partial charge >= 0.3 is 0 Å². The Morgan fingerprint density at radius 1 is 1.56 bits per heavy atom. The van der Waals surface area contributed by atoms with Gasteiger partial charge in [0.25, 0.3) is 5.56 Å². The number of aromatic nitrogens is 2. The molecule has 3 rings (SSSR count). The molecule has 0 aromatic carbocycles. The lowest BCUT2D eigenvalue weighted by molar-refractivity contribution is 0.509. The number of aromatic amines is 1. The standard InChI is InChI=1S/C13H15ClN2OS/c1-6-3-4-8-9(5-6)18-13-10(8)12(17)15-11(16-13)7(2)14/h6-7H,3-5H2,1-2H3,(H,15,16,17)/t6-,7+/m1/s1. The second-order valence-electron chi connectivity index (χ2n) is 5.10. The number of nitrogens with one attached hydrogen (secondary N) is 1. The number of H-pyrrole nitrogens is 1. The predicted octanol–water partition coefficient (Wildman–Crippen LogP) is 3.41. The molecular weight excluding hydrogens is 268 g/mol. The number of aryl methyl sites for hydroxylation is 1. The van der Waals surface area contributed by atoms with Gasteiger partial charge in [-0.3, -0.25) is 4.79 Å². The Balaban J connectivity index is 2.25. The average molecular weight is 283 g/mol. The smallest absolute Gasteiger partial charge is 0.259 e. The highest BCUT2D eigenvalue weighted by Crippen LogP contribution is 2.35. The second kappa shape index (κ2) is 4.35. The summed E-state index contributed by atoms with van der Waals surface area (Å²) >= 11 is 7.66. The Kier molecular flexibility index (Phi) is 2.94. The highest BCUT2D eigenvalue weighted by molar-refractivity contribution is 7.18. The molecule has 0 saturated carbocycles. The van der Waals surface area contributed by atoms with Crippen LogP contribution in [0.4, 0.5) is 0 Å². The van der Waals surface area contributed by atoms with E-state index in [9.17, 15) is 4.79 Å². The van der Waals surface area contributed by atoms with E-state index in [2.05, 4.69) is 16.9 Å². The number of rotatable bonds is 1. The van der Waals surface area contributed by atoms with Crippen molar-refractivity contribution in [2.24, 2.45) is 5.92 Å². The topological polar surface area (TPSA) is 45.8 Å². The summed E-state index contributed by atoms with van der Waals surface area (Å²) in [4.78, 5) is 21.7. The van der Waals surface area contributed by atoms with Crippen LogP contribution >= 0.6 is 22.9 Å². The van der Waals surface area contributed by atoms with Gasteiger partial charge in [0, 0.05) is 4.88 Å². The van der Waals surface area contributed by atoms with Crippen LogP contribution < -0.4 is 5.56 Å². The summed E-state index contributed by atoms with van der Waals surface area (Å²) in [7, 11) is 0. The fourth-order valence-electron chi connectivity index (χ4n) is 2.55. The van der Waals surface area contributed by atoms with Crippen molar-refractivity contribution in [1.82, 2.24) is 9.97 Å².